The lowest BCUT2D eigenvalue weighted by Gasteiger charge is -2.64. The van der Waals surface area contributed by atoms with Gasteiger partial charge < -0.3 is 19.3 Å². The zero-order valence-corrected chi connectivity index (χ0v) is 23.7. The molecule has 218 valence electrons. The summed E-state index contributed by atoms with van der Waals surface area (Å²) in [5.74, 6) is -2.63. The van der Waals surface area contributed by atoms with Crippen LogP contribution in [0.25, 0.3) is 0 Å². The van der Waals surface area contributed by atoms with E-state index in [2.05, 4.69) is 11.6 Å². The average molecular weight is 572 g/mol. The maximum atomic E-state index is 13.5. The molecule has 2 fully saturated rings. The van der Waals surface area contributed by atoms with E-state index in [1.165, 1.54) is 31.5 Å². The van der Waals surface area contributed by atoms with Crippen molar-refractivity contribution in [3.8, 4) is 0 Å². The molecular weight excluding hydrogens is 538 g/mol. The fourth-order valence-electron chi connectivity index (χ4n) is 6.63. The van der Waals surface area contributed by atoms with E-state index in [4.69, 9.17) is 14.2 Å². The molecule has 2 aromatic rings. The predicted molar refractivity (Wildman–Crippen MR) is 151 cm³/mol. The second kappa shape index (κ2) is 10.8. The van der Waals surface area contributed by atoms with Crippen LogP contribution >= 0.6 is 0 Å². The molecule has 0 saturated heterocycles. The van der Waals surface area contributed by atoms with Crippen LogP contribution in [0, 0.1) is 16.7 Å². The maximum Gasteiger partial charge on any atom is 0.340 e. The van der Waals surface area contributed by atoms with Crippen LogP contribution in [0.15, 0.2) is 90.8 Å². The van der Waals surface area contributed by atoms with E-state index in [1.54, 1.807) is 55.5 Å². The number of aromatic nitrogens is 1. The average Bonchev–Trinajstić information content (AvgIpc) is 3.41. The second-order valence-electron chi connectivity index (χ2n) is 11.6. The molecule has 0 unspecified atom stereocenters. The Bertz CT molecular complexity index is 1490. The molecule has 5 rings (SSSR count). The number of fused-ring (bicyclic) bond motifs is 1. The molecule has 1 N–H and O–H groups in total. The molecule has 0 bridgehead atoms. The fourth-order valence-corrected chi connectivity index (χ4v) is 6.63. The summed E-state index contributed by atoms with van der Waals surface area (Å²) in [5, 5.41) is 12.5. The number of benzene rings is 1. The van der Waals surface area contributed by atoms with Gasteiger partial charge in [0.2, 0.25) is 0 Å². The first-order valence-corrected chi connectivity index (χ1v) is 13.8. The smallest absolute Gasteiger partial charge is 0.340 e. The highest BCUT2D eigenvalue weighted by Gasteiger charge is 2.71. The van der Waals surface area contributed by atoms with Crippen molar-refractivity contribution < 1.29 is 38.5 Å². The number of rotatable bonds is 6. The third-order valence-corrected chi connectivity index (χ3v) is 9.31. The summed E-state index contributed by atoms with van der Waals surface area (Å²) in [6, 6.07) is 11.4. The van der Waals surface area contributed by atoms with Crippen molar-refractivity contribution in [1.82, 2.24) is 4.98 Å². The lowest BCUT2D eigenvalue weighted by Crippen LogP contribution is -2.73. The first kappa shape index (κ1) is 29.1. The molecule has 42 heavy (non-hydrogen) atoms. The molecule has 9 nitrogen and oxygen atoms in total. The quantitative estimate of drug-likeness (QED) is 0.308. The summed E-state index contributed by atoms with van der Waals surface area (Å²) in [6.45, 7) is 9.34. The number of hydrogen-bond acceptors (Lipinski definition) is 9. The summed E-state index contributed by atoms with van der Waals surface area (Å²) < 4.78 is 17.2. The van der Waals surface area contributed by atoms with Crippen molar-refractivity contribution in [2.75, 3.05) is 6.61 Å². The summed E-state index contributed by atoms with van der Waals surface area (Å²) in [6.07, 6.45) is 5.52. The van der Waals surface area contributed by atoms with Gasteiger partial charge >= 0.3 is 17.9 Å². The first-order valence-electron chi connectivity index (χ1n) is 13.8. The Balaban J connectivity index is 1.66. The molecule has 2 heterocycles. The van der Waals surface area contributed by atoms with Gasteiger partial charge in [-0.2, -0.15) is 0 Å². The highest BCUT2D eigenvalue weighted by atomic mass is 16.6. The SMILES string of the molecule is C=C1C(=O)CC[C@H]2[C@@]1(C)[C@@H](OC(=O)c1cccnc1)[C@H](OC(=O)c1ccccc1)[C@](C)(O)[C@]2(C)C=CC1=CC(=O)OC1. The number of aliphatic hydroxyl groups is 1. The number of carbonyl (C=O) groups excluding carboxylic acids is 4. The van der Waals surface area contributed by atoms with E-state index in [0.29, 0.717) is 12.0 Å². The molecule has 1 aromatic heterocycles. The number of hydrogen-bond donors (Lipinski definition) is 1. The molecule has 0 spiro atoms. The Labute approximate surface area is 243 Å². The van der Waals surface area contributed by atoms with Gasteiger partial charge in [-0.15, -0.1) is 0 Å². The summed E-state index contributed by atoms with van der Waals surface area (Å²) in [4.78, 5) is 55.8. The van der Waals surface area contributed by atoms with Crippen molar-refractivity contribution in [3.63, 3.8) is 0 Å². The third-order valence-electron chi connectivity index (χ3n) is 9.31. The largest absolute Gasteiger partial charge is 0.458 e. The number of ketones is 1. The molecule has 0 amide bonds. The summed E-state index contributed by atoms with van der Waals surface area (Å²) >= 11 is 0. The zero-order chi connectivity index (χ0) is 30.3. The molecule has 2 saturated carbocycles. The number of esters is 3. The van der Waals surface area contributed by atoms with Crippen LogP contribution < -0.4 is 0 Å². The van der Waals surface area contributed by atoms with E-state index in [9.17, 15) is 24.3 Å². The number of pyridine rings is 1. The minimum absolute atomic E-state index is 0.0818. The van der Waals surface area contributed by atoms with E-state index >= 15 is 0 Å². The van der Waals surface area contributed by atoms with Gasteiger partial charge in [-0.1, -0.05) is 50.8 Å². The molecule has 0 radical (unpaired) electrons. The van der Waals surface area contributed by atoms with E-state index in [1.807, 2.05) is 6.92 Å². The number of carbonyl (C=O) groups is 4. The van der Waals surface area contributed by atoms with E-state index in [-0.39, 0.29) is 35.5 Å². The van der Waals surface area contributed by atoms with Gasteiger partial charge in [0.05, 0.1) is 11.1 Å². The first-order chi connectivity index (χ1) is 19.9. The standard InChI is InChI=1S/C33H33NO8/c1-20-24(35)12-13-25-31(2,15-14-21-17-26(36)40-19-21)33(4,39)28(42-29(37)22-9-6-5-7-10-22)27(32(20,25)3)41-30(38)23-11-8-16-34-18-23/h5-11,14-18,25,27-28,39H,1,12-13,19H2,2-4H3/t25-,27+,28+,31-,32+,33+/m1/s1. The maximum absolute atomic E-state index is 13.5. The Morgan fingerprint density at radius 2 is 1.69 bits per heavy atom. The number of nitrogens with zero attached hydrogens (tertiary/aromatic N) is 1. The van der Waals surface area contributed by atoms with Crippen LogP contribution in [0.3, 0.4) is 0 Å². The van der Waals surface area contributed by atoms with Gasteiger partial charge in [0.15, 0.2) is 18.0 Å². The molecule has 1 aromatic carbocycles. The van der Waals surface area contributed by atoms with Gasteiger partial charge in [-0.3, -0.25) is 9.78 Å². The summed E-state index contributed by atoms with van der Waals surface area (Å²) in [7, 11) is 0. The predicted octanol–water partition coefficient (Wildman–Crippen LogP) is 4.18. The van der Waals surface area contributed by atoms with E-state index in [0.717, 1.165) is 0 Å². The van der Waals surface area contributed by atoms with Crippen LogP contribution in [0.4, 0.5) is 0 Å². The normalized spacial score (nSPS) is 32.6. The molecular formula is C33H33NO8. The molecule has 1 aliphatic heterocycles. The van der Waals surface area contributed by atoms with Gasteiger partial charge in [0.25, 0.3) is 0 Å². The Morgan fingerprint density at radius 1 is 1.02 bits per heavy atom. The van der Waals surface area contributed by atoms with Crippen LogP contribution in [0.5, 0.6) is 0 Å². The highest BCUT2D eigenvalue weighted by molar-refractivity contribution is 5.97. The van der Waals surface area contributed by atoms with Crippen molar-refractivity contribution in [3.05, 3.63) is 102 Å². The summed E-state index contributed by atoms with van der Waals surface area (Å²) in [5.41, 5.74) is -3.01. The lowest BCUT2D eigenvalue weighted by atomic mass is 9.43. The molecule has 9 heteroatoms. The van der Waals surface area contributed by atoms with Crippen molar-refractivity contribution >= 4 is 23.7 Å². The molecule has 6 atom stereocenters. The van der Waals surface area contributed by atoms with Crippen molar-refractivity contribution in [1.29, 1.82) is 0 Å². The lowest BCUT2D eigenvalue weighted by molar-refractivity contribution is -0.251. The van der Waals surface area contributed by atoms with Gasteiger partial charge in [-0.25, -0.2) is 14.4 Å². The Morgan fingerprint density at radius 3 is 2.33 bits per heavy atom. The number of cyclic esters (lactones) is 1. The van der Waals surface area contributed by atoms with Gasteiger partial charge in [-0.05, 0) is 54.7 Å². The van der Waals surface area contributed by atoms with Crippen molar-refractivity contribution in [2.24, 2.45) is 16.7 Å². The molecule has 3 aliphatic rings. The van der Waals surface area contributed by atoms with Crippen LogP contribution in [-0.4, -0.2) is 58.2 Å². The highest BCUT2D eigenvalue weighted by Crippen LogP contribution is 2.64. The van der Waals surface area contributed by atoms with Crippen LogP contribution in [-0.2, 0) is 23.8 Å². The fraction of sp³-hybridized carbons (Fsp3) is 0.364. The third kappa shape index (κ3) is 4.77. The van der Waals surface area contributed by atoms with Crippen molar-refractivity contribution in [2.45, 2.75) is 51.4 Å². The molecule has 2 aliphatic carbocycles. The van der Waals surface area contributed by atoms with Crippen LogP contribution in [0.1, 0.15) is 54.3 Å². The number of ether oxygens (including phenoxy) is 3. The van der Waals surface area contributed by atoms with Crippen LogP contribution in [0.2, 0.25) is 0 Å². The van der Waals surface area contributed by atoms with E-state index < -0.39 is 52.5 Å². The minimum atomic E-state index is -1.83. The second-order valence-corrected chi connectivity index (χ2v) is 11.6. The van der Waals surface area contributed by atoms with Gasteiger partial charge in [0.1, 0.15) is 12.2 Å². The zero-order valence-electron chi connectivity index (χ0n) is 23.7. The number of Topliss-reactive ketones (excluding diaryl/α,β-unsaturated/α-hetero) is 1. The Kier molecular flexibility index (Phi) is 7.49. The minimum Gasteiger partial charge on any atom is -0.458 e. The van der Waals surface area contributed by atoms with Gasteiger partial charge in [0, 0.05) is 35.7 Å². The topological polar surface area (TPSA) is 129 Å². The Hall–Kier alpha value is -4.37. The monoisotopic (exact) mass is 571 g/mol.